The van der Waals surface area contributed by atoms with Gasteiger partial charge in [0.2, 0.25) is 10.0 Å². The molecule has 20 heavy (non-hydrogen) atoms. The Morgan fingerprint density at radius 2 is 2.05 bits per heavy atom. The van der Waals surface area contributed by atoms with Crippen LogP contribution in [0.2, 0.25) is 0 Å². The maximum absolute atomic E-state index is 12.1. The molecule has 0 atom stereocenters. The first kappa shape index (κ1) is 16.9. The third-order valence-electron chi connectivity index (χ3n) is 2.81. The molecule has 7 heteroatoms. The molecule has 0 bridgehead atoms. The zero-order chi connectivity index (χ0) is 15.2. The molecule has 0 saturated carbocycles. The zero-order valence-corrected chi connectivity index (χ0v) is 12.9. The summed E-state index contributed by atoms with van der Waals surface area (Å²) in [6.45, 7) is 0.918. The van der Waals surface area contributed by atoms with Gasteiger partial charge in [-0.05, 0) is 45.3 Å². The molecular formula is C13H22N2O4S. The first-order chi connectivity index (χ1) is 9.40. The summed E-state index contributed by atoms with van der Waals surface area (Å²) in [5, 5.41) is 9.21. The van der Waals surface area contributed by atoms with E-state index in [0.29, 0.717) is 17.9 Å². The quantitative estimate of drug-likeness (QED) is 0.680. The maximum atomic E-state index is 12.1. The molecule has 0 unspecified atom stereocenters. The molecule has 1 aromatic rings. The van der Waals surface area contributed by atoms with E-state index in [-0.39, 0.29) is 11.5 Å². The van der Waals surface area contributed by atoms with Crippen molar-refractivity contribution in [2.45, 2.75) is 17.9 Å². The number of nitrogens with zero attached hydrogens (tertiary/aromatic N) is 1. The van der Waals surface area contributed by atoms with Crippen molar-refractivity contribution in [1.82, 2.24) is 9.62 Å². The maximum Gasteiger partial charge on any atom is 0.240 e. The Morgan fingerprint density at radius 3 is 2.60 bits per heavy atom. The van der Waals surface area contributed by atoms with Crippen molar-refractivity contribution in [1.29, 1.82) is 0 Å². The van der Waals surface area contributed by atoms with Gasteiger partial charge in [0.25, 0.3) is 0 Å². The summed E-state index contributed by atoms with van der Waals surface area (Å²) in [6.07, 6.45) is 0.731. The fourth-order valence-corrected chi connectivity index (χ4v) is 2.86. The van der Waals surface area contributed by atoms with Gasteiger partial charge in [0.05, 0.1) is 18.6 Å². The lowest BCUT2D eigenvalue weighted by molar-refractivity contribution is 0.273. The number of aliphatic hydroxyl groups excluding tert-OH is 1. The molecular weight excluding hydrogens is 280 g/mol. The molecule has 1 rings (SSSR count). The van der Waals surface area contributed by atoms with Crippen LogP contribution in [0, 0.1) is 0 Å². The van der Waals surface area contributed by atoms with Crippen molar-refractivity contribution in [3.05, 3.63) is 23.8 Å². The molecule has 0 fully saturated rings. The molecule has 6 nitrogen and oxygen atoms in total. The van der Waals surface area contributed by atoms with E-state index in [4.69, 9.17) is 4.74 Å². The van der Waals surface area contributed by atoms with Crippen molar-refractivity contribution >= 4 is 10.0 Å². The molecule has 2 N–H and O–H groups in total. The molecule has 0 aliphatic carbocycles. The van der Waals surface area contributed by atoms with Gasteiger partial charge in [-0.15, -0.1) is 0 Å². The van der Waals surface area contributed by atoms with E-state index in [2.05, 4.69) is 4.72 Å². The Hall–Kier alpha value is -1.15. The van der Waals surface area contributed by atoms with Crippen LogP contribution in [0.4, 0.5) is 0 Å². The van der Waals surface area contributed by atoms with Crippen molar-refractivity contribution in [2.75, 3.05) is 34.3 Å². The Morgan fingerprint density at radius 1 is 1.35 bits per heavy atom. The number of nitrogens with one attached hydrogen (secondary N) is 1. The number of hydrogen-bond acceptors (Lipinski definition) is 5. The minimum atomic E-state index is -3.55. The molecule has 114 valence electrons. The predicted molar refractivity (Wildman–Crippen MR) is 77.3 cm³/mol. The number of hydrogen-bond donors (Lipinski definition) is 2. The average molecular weight is 302 g/mol. The van der Waals surface area contributed by atoms with Crippen LogP contribution in [0.5, 0.6) is 5.75 Å². The molecule has 0 aliphatic rings. The predicted octanol–water partition coefficient (Wildman–Crippen LogP) is 0.418. The Balaban J connectivity index is 2.77. The van der Waals surface area contributed by atoms with Crippen LogP contribution < -0.4 is 9.46 Å². The lowest BCUT2D eigenvalue weighted by Gasteiger charge is -2.12. The molecule has 1 aromatic carbocycles. The minimum Gasteiger partial charge on any atom is -0.496 e. The van der Waals surface area contributed by atoms with Gasteiger partial charge in [-0.3, -0.25) is 0 Å². The monoisotopic (exact) mass is 302 g/mol. The fraction of sp³-hybridized carbons (Fsp3) is 0.538. The van der Waals surface area contributed by atoms with E-state index in [1.807, 2.05) is 19.0 Å². The summed E-state index contributed by atoms with van der Waals surface area (Å²) >= 11 is 0. The largest absolute Gasteiger partial charge is 0.496 e. The van der Waals surface area contributed by atoms with E-state index in [1.54, 1.807) is 6.07 Å². The SMILES string of the molecule is COc1ccc(S(=O)(=O)NCCCN(C)C)cc1CO. The minimum absolute atomic E-state index is 0.132. The Bertz CT molecular complexity index is 529. The van der Waals surface area contributed by atoms with Gasteiger partial charge in [0.15, 0.2) is 0 Å². The molecule has 0 aliphatic heterocycles. The van der Waals surface area contributed by atoms with Gasteiger partial charge in [-0.1, -0.05) is 0 Å². The van der Waals surface area contributed by atoms with Crippen LogP contribution >= 0.6 is 0 Å². The van der Waals surface area contributed by atoms with Crippen molar-refractivity contribution < 1.29 is 18.3 Å². The molecule has 0 amide bonds. The van der Waals surface area contributed by atoms with Gasteiger partial charge < -0.3 is 14.7 Å². The van der Waals surface area contributed by atoms with Gasteiger partial charge >= 0.3 is 0 Å². The second-order valence-corrected chi connectivity index (χ2v) is 6.45. The lowest BCUT2D eigenvalue weighted by atomic mass is 10.2. The number of sulfonamides is 1. The Kier molecular flexibility index (Phi) is 6.41. The number of methoxy groups -OCH3 is 1. The summed E-state index contributed by atoms with van der Waals surface area (Å²) in [5.41, 5.74) is 0.448. The third kappa shape index (κ3) is 4.75. The van der Waals surface area contributed by atoms with Crippen LogP contribution in [-0.4, -0.2) is 52.7 Å². The molecule has 0 aromatic heterocycles. The van der Waals surface area contributed by atoms with Crippen LogP contribution in [0.15, 0.2) is 23.1 Å². The topological polar surface area (TPSA) is 78.9 Å². The highest BCUT2D eigenvalue weighted by atomic mass is 32.2. The van der Waals surface area contributed by atoms with Crippen LogP contribution in [0.3, 0.4) is 0 Å². The first-order valence-electron chi connectivity index (χ1n) is 6.33. The highest BCUT2D eigenvalue weighted by Crippen LogP contribution is 2.22. The average Bonchev–Trinajstić information content (AvgIpc) is 2.42. The first-order valence-corrected chi connectivity index (χ1v) is 7.81. The van der Waals surface area contributed by atoms with E-state index in [1.165, 1.54) is 19.2 Å². The number of ether oxygens (including phenoxy) is 1. The Labute approximate surface area is 120 Å². The van der Waals surface area contributed by atoms with Crippen molar-refractivity contribution in [3.63, 3.8) is 0 Å². The van der Waals surface area contributed by atoms with E-state index in [0.717, 1.165) is 13.0 Å². The van der Waals surface area contributed by atoms with E-state index in [9.17, 15) is 13.5 Å². The van der Waals surface area contributed by atoms with E-state index < -0.39 is 10.0 Å². The highest BCUT2D eigenvalue weighted by Gasteiger charge is 2.15. The standard InChI is InChI=1S/C13H22N2O4S/c1-15(2)8-4-7-14-20(17,18)12-5-6-13(19-3)11(9-12)10-16/h5-6,9,14,16H,4,7-8,10H2,1-3H3. The van der Waals surface area contributed by atoms with Gasteiger partial charge in [-0.2, -0.15) is 0 Å². The van der Waals surface area contributed by atoms with Crippen molar-refractivity contribution in [2.24, 2.45) is 0 Å². The van der Waals surface area contributed by atoms with Crippen LogP contribution in [0.1, 0.15) is 12.0 Å². The molecule has 0 heterocycles. The summed E-state index contributed by atoms with van der Waals surface area (Å²) < 4.78 is 31.8. The van der Waals surface area contributed by atoms with Gasteiger partial charge in [0, 0.05) is 12.1 Å². The van der Waals surface area contributed by atoms with Crippen LogP contribution in [-0.2, 0) is 16.6 Å². The smallest absolute Gasteiger partial charge is 0.240 e. The van der Waals surface area contributed by atoms with Crippen molar-refractivity contribution in [3.8, 4) is 5.75 Å². The summed E-state index contributed by atoms with van der Waals surface area (Å²) in [7, 11) is 1.80. The fourth-order valence-electron chi connectivity index (χ4n) is 1.73. The van der Waals surface area contributed by atoms with Crippen LogP contribution in [0.25, 0.3) is 0 Å². The summed E-state index contributed by atoms with van der Waals surface area (Å²) in [4.78, 5) is 2.12. The number of aliphatic hydroxyl groups is 1. The summed E-state index contributed by atoms with van der Waals surface area (Å²) in [6, 6.07) is 4.43. The van der Waals surface area contributed by atoms with Gasteiger partial charge in [-0.25, -0.2) is 13.1 Å². The highest BCUT2D eigenvalue weighted by molar-refractivity contribution is 7.89. The van der Waals surface area contributed by atoms with Gasteiger partial charge in [0.1, 0.15) is 5.75 Å². The summed E-state index contributed by atoms with van der Waals surface area (Å²) in [5.74, 6) is 0.471. The zero-order valence-electron chi connectivity index (χ0n) is 12.1. The normalized spacial score (nSPS) is 11.8. The number of benzene rings is 1. The third-order valence-corrected chi connectivity index (χ3v) is 4.27. The molecule has 0 radical (unpaired) electrons. The molecule has 0 saturated heterocycles. The second-order valence-electron chi connectivity index (χ2n) is 4.69. The lowest BCUT2D eigenvalue weighted by Crippen LogP contribution is -2.27. The van der Waals surface area contributed by atoms with E-state index >= 15 is 0 Å². The molecule has 0 spiro atoms. The second kappa shape index (κ2) is 7.58. The number of rotatable bonds is 8.